The number of benzene rings is 2. The first-order chi connectivity index (χ1) is 15.1. The van der Waals surface area contributed by atoms with Crippen molar-refractivity contribution in [2.75, 3.05) is 18.5 Å². The molecule has 0 bridgehead atoms. The summed E-state index contributed by atoms with van der Waals surface area (Å²) in [5.41, 5.74) is 1.43. The van der Waals surface area contributed by atoms with Gasteiger partial charge in [-0.05, 0) is 48.0 Å². The third kappa shape index (κ3) is 5.07. The molecular weight excluding hydrogens is 420 g/mol. The number of furan rings is 1. The highest BCUT2D eigenvalue weighted by molar-refractivity contribution is 6.32. The Balaban J connectivity index is 1.43. The van der Waals surface area contributed by atoms with Gasteiger partial charge in [-0.15, -0.1) is 0 Å². The molecule has 0 unspecified atom stereocenters. The van der Waals surface area contributed by atoms with E-state index < -0.39 is 5.91 Å². The van der Waals surface area contributed by atoms with Crippen molar-refractivity contribution in [2.24, 2.45) is 0 Å². The maximum absolute atomic E-state index is 12.5. The van der Waals surface area contributed by atoms with Crippen LogP contribution in [0, 0.1) is 0 Å². The average molecular weight is 439 g/mol. The summed E-state index contributed by atoms with van der Waals surface area (Å²) in [5, 5.41) is 5.91. The Hall–Kier alpha value is -3.71. The van der Waals surface area contributed by atoms with Gasteiger partial charge in [-0.1, -0.05) is 23.7 Å². The third-order valence-corrected chi connectivity index (χ3v) is 4.76. The molecule has 158 valence electrons. The molecular formula is C23H19ClN2O5. The number of nitrogens with one attached hydrogen (secondary N) is 2. The highest BCUT2D eigenvalue weighted by Gasteiger charge is 2.16. The van der Waals surface area contributed by atoms with Crippen LogP contribution < -0.4 is 20.1 Å². The molecule has 1 aliphatic rings. The zero-order valence-electron chi connectivity index (χ0n) is 16.4. The zero-order chi connectivity index (χ0) is 21.6. The number of carbonyl (C=O) groups excluding carboxylic acids is 2. The largest absolute Gasteiger partial charge is 0.486 e. The van der Waals surface area contributed by atoms with E-state index in [0.29, 0.717) is 52.3 Å². The van der Waals surface area contributed by atoms with Crippen molar-refractivity contribution in [2.45, 2.75) is 6.54 Å². The van der Waals surface area contributed by atoms with Gasteiger partial charge >= 0.3 is 0 Å². The van der Waals surface area contributed by atoms with E-state index in [0.717, 1.165) is 0 Å². The van der Waals surface area contributed by atoms with E-state index in [1.807, 2.05) is 0 Å². The van der Waals surface area contributed by atoms with Crippen LogP contribution in [-0.4, -0.2) is 25.0 Å². The molecule has 2 heterocycles. The van der Waals surface area contributed by atoms with Crippen molar-refractivity contribution < 1.29 is 23.5 Å². The van der Waals surface area contributed by atoms with Gasteiger partial charge < -0.3 is 24.5 Å². The minimum absolute atomic E-state index is 0.249. The zero-order valence-corrected chi connectivity index (χ0v) is 17.1. The summed E-state index contributed by atoms with van der Waals surface area (Å²) in [5.74, 6) is 0.962. The molecule has 8 heteroatoms. The Labute approximate surface area is 183 Å². The minimum Gasteiger partial charge on any atom is -0.486 e. The molecule has 3 aromatic rings. The van der Waals surface area contributed by atoms with Crippen molar-refractivity contribution in [3.05, 3.63) is 82.8 Å². The molecule has 0 radical (unpaired) electrons. The van der Waals surface area contributed by atoms with E-state index in [1.165, 1.54) is 12.3 Å². The van der Waals surface area contributed by atoms with Gasteiger partial charge in [0.05, 0.1) is 29.1 Å². The second kappa shape index (κ2) is 9.40. The summed E-state index contributed by atoms with van der Waals surface area (Å²) in [7, 11) is 0. The molecule has 0 spiro atoms. The summed E-state index contributed by atoms with van der Waals surface area (Å²) >= 11 is 6.22. The van der Waals surface area contributed by atoms with Crippen molar-refractivity contribution in [1.29, 1.82) is 0 Å². The lowest BCUT2D eigenvalue weighted by atomic mass is 10.1. The summed E-state index contributed by atoms with van der Waals surface area (Å²) in [6.07, 6.45) is 4.51. The minimum atomic E-state index is -0.391. The second-order valence-electron chi connectivity index (χ2n) is 6.66. The van der Waals surface area contributed by atoms with Gasteiger partial charge in [-0.2, -0.15) is 0 Å². The Morgan fingerprint density at radius 1 is 1.06 bits per heavy atom. The maximum atomic E-state index is 12.5. The van der Waals surface area contributed by atoms with E-state index in [4.69, 9.17) is 25.5 Å². The van der Waals surface area contributed by atoms with Gasteiger partial charge in [-0.25, -0.2) is 0 Å². The van der Waals surface area contributed by atoms with Gasteiger partial charge in [0, 0.05) is 6.08 Å². The maximum Gasteiger partial charge on any atom is 0.253 e. The molecule has 1 aromatic heterocycles. The van der Waals surface area contributed by atoms with Crippen LogP contribution in [-0.2, 0) is 11.3 Å². The predicted octanol–water partition coefficient (Wildman–Crippen LogP) is 4.29. The van der Waals surface area contributed by atoms with Gasteiger partial charge in [0.15, 0.2) is 11.5 Å². The summed E-state index contributed by atoms with van der Waals surface area (Å²) in [6, 6.07) is 13.7. The number of ether oxygens (including phenoxy) is 2. The van der Waals surface area contributed by atoms with E-state index in [2.05, 4.69) is 10.6 Å². The fourth-order valence-corrected chi connectivity index (χ4v) is 3.31. The van der Waals surface area contributed by atoms with Crippen LogP contribution in [0.2, 0.25) is 5.02 Å². The van der Waals surface area contributed by atoms with Crippen LogP contribution in [0.4, 0.5) is 5.69 Å². The monoisotopic (exact) mass is 438 g/mol. The standard InChI is InChI=1S/C23H19ClN2O5/c24-18-12-15(13-20-22(18)31-11-10-30-20)7-8-21(27)26-19-6-2-1-5-17(19)23(28)25-14-16-4-3-9-29-16/h1-9,12-13H,10-11,14H2,(H,25,28)(H,26,27)/b8-7+. The molecule has 2 N–H and O–H groups in total. The van der Waals surface area contributed by atoms with Crippen molar-refractivity contribution in [1.82, 2.24) is 5.32 Å². The predicted molar refractivity (Wildman–Crippen MR) is 116 cm³/mol. The highest BCUT2D eigenvalue weighted by Crippen LogP contribution is 2.38. The molecule has 0 atom stereocenters. The van der Waals surface area contributed by atoms with E-state index in [1.54, 1.807) is 54.6 Å². The molecule has 2 aromatic carbocycles. The Morgan fingerprint density at radius 3 is 2.74 bits per heavy atom. The van der Waals surface area contributed by atoms with Gasteiger partial charge in [0.1, 0.15) is 19.0 Å². The summed E-state index contributed by atoms with van der Waals surface area (Å²) < 4.78 is 16.2. The fraction of sp³-hybridized carbons (Fsp3) is 0.130. The SMILES string of the molecule is O=C(/C=C/c1cc(Cl)c2c(c1)OCCO2)Nc1ccccc1C(=O)NCc1ccco1. The van der Waals surface area contributed by atoms with Crippen molar-refractivity contribution in [3.8, 4) is 11.5 Å². The van der Waals surface area contributed by atoms with E-state index in [-0.39, 0.29) is 12.5 Å². The number of anilines is 1. The Kier molecular flexibility index (Phi) is 6.24. The topological polar surface area (TPSA) is 89.8 Å². The normalized spacial score (nSPS) is 12.5. The van der Waals surface area contributed by atoms with Crippen LogP contribution >= 0.6 is 11.6 Å². The van der Waals surface area contributed by atoms with Crippen molar-refractivity contribution >= 4 is 35.2 Å². The number of hydrogen-bond donors (Lipinski definition) is 2. The average Bonchev–Trinajstić information content (AvgIpc) is 3.30. The van der Waals surface area contributed by atoms with Gasteiger partial charge in [0.25, 0.3) is 5.91 Å². The Bertz CT molecular complexity index is 1130. The van der Waals surface area contributed by atoms with Crippen LogP contribution in [0.1, 0.15) is 21.7 Å². The second-order valence-corrected chi connectivity index (χ2v) is 7.06. The first-order valence-corrected chi connectivity index (χ1v) is 9.96. The molecule has 0 aliphatic carbocycles. The molecule has 2 amide bonds. The highest BCUT2D eigenvalue weighted by atomic mass is 35.5. The molecule has 0 saturated heterocycles. The van der Waals surface area contributed by atoms with Crippen molar-refractivity contribution in [3.63, 3.8) is 0 Å². The number of amides is 2. The third-order valence-electron chi connectivity index (χ3n) is 4.48. The number of halogens is 1. The number of hydrogen-bond acceptors (Lipinski definition) is 5. The smallest absolute Gasteiger partial charge is 0.253 e. The molecule has 0 fully saturated rings. The van der Waals surface area contributed by atoms with Gasteiger partial charge in [0.2, 0.25) is 5.91 Å². The van der Waals surface area contributed by atoms with E-state index >= 15 is 0 Å². The summed E-state index contributed by atoms with van der Waals surface area (Å²) in [6.45, 7) is 1.13. The lowest BCUT2D eigenvalue weighted by Crippen LogP contribution is -2.24. The number of para-hydroxylation sites is 1. The van der Waals surface area contributed by atoms with Crippen LogP contribution in [0.25, 0.3) is 6.08 Å². The Morgan fingerprint density at radius 2 is 1.90 bits per heavy atom. The fourth-order valence-electron chi connectivity index (χ4n) is 3.04. The first kappa shape index (κ1) is 20.6. The van der Waals surface area contributed by atoms with E-state index in [9.17, 15) is 9.59 Å². The molecule has 4 rings (SSSR count). The quantitative estimate of drug-likeness (QED) is 0.560. The van der Waals surface area contributed by atoms with Gasteiger partial charge in [-0.3, -0.25) is 9.59 Å². The lowest BCUT2D eigenvalue weighted by Gasteiger charge is -2.19. The number of fused-ring (bicyclic) bond motifs is 1. The first-order valence-electron chi connectivity index (χ1n) is 9.58. The molecule has 31 heavy (non-hydrogen) atoms. The van der Waals surface area contributed by atoms with Crippen LogP contribution in [0.5, 0.6) is 11.5 Å². The summed E-state index contributed by atoms with van der Waals surface area (Å²) in [4.78, 5) is 25.0. The lowest BCUT2D eigenvalue weighted by molar-refractivity contribution is -0.111. The number of rotatable bonds is 6. The number of carbonyl (C=O) groups is 2. The molecule has 1 aliphatic heterocycles. The van der Waals surface area contributed by atoms with Crippen LogP contribution in [0.15, 0.2) is 65.3 Å². The molecule has 7 nitrogen and oxygen atoms in total. The van der Waals surface area contributed by atoms with Crippen LogP contribution in [0.3, 0.4) is 0 Å². The molecule has 0 saturated carbocycles.